The van der Waals surface area contributed by atoms with Gasteiger partial charge in [-0.3, -0.25) is 0 Å². The Morgan fingerprint density at radius 1 is 1.50 bits per heavy atom. The number of ether oxygens (including phenoxy) is 1. The highest BCUT2D eigenvalue weighted by Gasteiger charge is 2.05. The van der Waals surface area contributed by atoms with Crippen molar-refractivity contribution in [3.05, 3.63) is 28.8 Å². The van der Waals surface area contributed by atoms with Crippen LogP contribution in [0.25, 0.3) is 0 Å². The lowest BCUT2D eigenvalue weighted by Crippen LogP contribution is -2.03. The summed E-state index contributed by atoms with van der Waals surface area (Å²) in [6.45, 7) is 0.874. The second-order valence-corrected chi connectivity index (χ2v) is 3.14. The summed E-state index contributed by atoms with van der Waals surface area (Å²) in [7, 11) is 0. The first-order valence-electron chi connectivity index (χ1n) is 4.33. The molecule has 0 spiro atoms. The van der Waals surface area contributed by atoms with Crippen molar-refractivity contribution in [2.45, 2.75) is 13.0 Å². The molecule has 0 unspecified atom stereocenters. The van der Waals surface area contributed by atoms with Crippen molar-refractivity contribution in [3.8, 4) is 18.1 Å². The number of benzene rings is 1. The number of rotatable bonds is 4. The third-order valence-corrected chi connectivity index (χ3v) is 2.06. The maximum Gasteiger partial charge on any atom is 0.142 e. The number of nitrogens with two attached hydrogens (primary N) is 1. The molecule has 0 aliphatic heterocycles. The Bertz CT molecular complexity index is 344. The molecule has 0 radical (unpaired) electrons. The highest BCUT2D eigenvalue weighted by Crippen LogP contribution is 2.28. The molecule has 14 heavy (non-hydrogen) atoms. The van der Waals surface area contributed by atoms with Crippen molar-refractivity contribution in [2.24, 2.45) is 5.73 Å². The molecule has 0 fully saturated rings. The highest BCUT2D eigenvalue weighted by molar-refractivity contribution is 6.32. The molecule has 0 aromatic heterocycles. The fraction of sp³-hybridized carbons (Fsp3) is 0.273. The van der Waals surface area contributed by atoms with Crippen molar-refractivity contribution in [2.75, 3.05) is 6.61 Å². The molecule has 3 heteroatoms. The first kappa shape index (κ1) is 10.9. The fourth-order valence-electron chi connectivity index (χ4n) is 1.09. The quantitative estimate of drug-likeness (QED) is 0.610. The average molecular weight is 210 g/mol. The van der Waals surface area contributed by atoms with Crippen molar-refractivity contribution < 1.29 is 4.74 Å². The Balaban J connectivity index is 2.78. The van der Waals surface area contributed by atoms with E-state index in [0.29, 0.717) is 30.3 Å². The Hall–Kier alpha value is -1.17. The van der Waals surface area contributed by atoms with Gasteiger partial charge in [0, 0.05) is 18.5 Å². The summed E-state index contributed by atoms with van der Waals surface area (Å²) >= 11 is 5.95. The van der Waals surface area contributed by atoms with E-state index in [1.807, 2.05) is 12.1 Å². The van der Waals surface area contributed by atoms with E-state index in [1.54, 1.807) is 6.07 Å². The fourth-order valence-corrected chi connectivity index (χ4v) is 1.34. The van der Waals surface area contributed by atoms with Crippen molar-refractivity contribution in [1.29, 1.82) is 0 Å². The first-order chi connectivity index (χ1) is 6.79. The molecule has 2 nitrogen and oxygen atoms in total. The second-order valence-electron chi connectivity index (χ2n) is 2.73. The molecule has 0 atom stereocenters. The molecule has 1 aromatic carbocycles. The van der Waals surface area contributed by atoms with Gasteiger partial charge in [-0.2, -0.15) is 0 Å². The lowest BCUT2D eigenvalue weighted by molar-refractivity contribution is 0.324. The van der Waals surface area contributed by atoms with Crippen LogP contribution in [-0.2, 0) is 6.54 Å². The smallest absolute Gasteiger partial charge is 0.142 e. The minimum Gasteiger partial charge on any atom is -0.491 e. The van der Waals surface area contributed by atoms with Crippen LogP contribution in [0.5, 0.6) is 5.75 Å². The van der Waals surface area contributed by atoms with Gasteiger partial charge in [0.05, 0.1) is 11.6 Å². The van der Waals surface area contributed by atoms with Gasteiger partial charge in [0.1, 0.15) is 5.75 Å². The number of terminal acetylenes is 1. The van der Waals surface area contributed by atoms with E-state index in [1.165, 1.54) is 0 Å². The van der Waals surface area contributed by atoms with Crippen molar-refractivity contribution in [1.82, 2.24) is 0 Å². The average Bonchev–Trinajstić information content (AvgIpc) is 2.20. The van der Waals surface area contributed by atoms with E-state index in [-0.39, 0.29) is 0 Å². The summed E-state index contributed by atoms with van der Waals surface area (Å²) in [6, 6.07) is 5.50. The maximum absolute atomic E-state index is 5.95. The molecule has 74 valence electrons. The van der Waals surface area contributed by atoms with Crippen LogP contribution in [0.15, 0.2) is 18.2 Å². The van der Waals surface area contributed by atoms with Crippen LogP contribution in [0.4, 0.5) is 0 Å². The second kappa shape index (κ2) is 5.54. The molecule has 0 bridgehead atoms. The molecule has 0 aliphatic carbocycles. The zero-order chi connectivity index (χ0) is 10.4. The van der Waals surface area contributed by atoms with Crippen molar-refractivity contribution in [3.63, 3.8) is 0 Å². The normalized spacial score (nSPS) is 9.50. The SMILES string of the molecule is C#CCCOc1c(Cl)cccc1CN. The van der Waals surface area contributed by atoms with Crippen LogP contribution in [0.1, 0.15) is 12.0 Å². The summed E-state index contributed by atoms with van der Waals surface area (Å²) in [6.07, 6.45) is 5.68. The molecule has 2 N–H and O–H groups in total. The zero-order valence-corrected chi connectivity index (χ0v) is 8.55. The van der Waals surface area contributed by atoms with E-state index < -0.39 is 0 Å². The number of para-hydroxylation sites is 1. The van der Waals surface area contributed by atoms with E-state index in [4.69, 9.17) is 28.5 Å². The summed E-state index contributed by atoms with van der Waals surface area (Å²) < 4.78 is 5.44. The number of halogens is 1. The molecule has 0 aliphatic rings. The highest BCUT2D eigenvalue weighted by atomic mass is 35.5. The Morgan fingerprint density at radius 2 is 2.29 bits per heavy atom. The molecular formula is C11H12ClNO. The van der Waals surface area contributed by atoms with E-state index in [0.717, 1.165) is 5.56 Å². The van der Waals surface area contributed by atoms with Gasteiger partial charge in [-0.15, -0.1) is 12.3 Å². The van der Waals surface area contributed by atoms with Crippen LogP contribution >= 0.6 is 11.6 Å². The van der Waals surface area contributed by atoms with Crippen molar-refractivity contribution >= 4 is 11.6 Å². The van der Waals surface area contributed by atoms with E-state index in [2.05, 4.69) is 5.92 Å². The van der Waals surface area contributed by atoms with Crippen LogP contribution in [0.2, 0.25) is 5.02 Å². The van der Waals surface area contributed by atoms with Gasteiger partial charge in [0.25, 0.3) is 0 Å². The van der Waals surface area contributed by atoms with Crippen LogP contribution in [-0.4, -0.2) is 6.61 Å². The van der Waals surface area contributed by atoms with Crippen LogP contribution in [0.3, 0.4) is 0 Å². The molecule has 0 amide bonds. The third kappa shape index (κ3) is 2.66. The molecule has 0 saturated carbocycles. The number of hydrogen-bond acceptors (Lipinski definition) is 2. The lowest BCUT2D eigenvalue weighted by Gasteiger charge is -2.10. The summed E-state index contributed by atoms with van der Waals surface area (Å²) in [5.74, 6) is 3.14. The van der Waals surface area contributed by atoms with Crippen LogP contribution < -0.4 is 10.5 Å². The predicted octanol–water partition coefficient (Wildman–Crippen LogP) is 2.20. The van der Waals surface area contributed by atoms with Gasteiger partial charge in [0.15, 0.2) is 0 Å². The third-order valence-electron chi connectivity index (χ3n) is 1.76. The van der Waals surface area contributed by atoms with Gasteiger partial charge in [-0.25, -0.2) is 0 Å². The summed E-state index contributed by atoms with van der Waals surface area (Å²) in [5.41, 5.74) is 6.44. The van der Waals surface area contributed by atoms with Gasteiger partial charge in [0.2, 0.25) is 0 Å². The molecule has 1 aromatic rings. The van der Waals surface area contributed by atoms with E-state index >= 15 is 0 Å². The molecule has 1 rings (SSSR count). The topological polar surface area (TPSA) is 35.2 Å². The van der Waals surface area contributed by atoms with Gasteiger partial charge < -0.3 is 10.5 Å². The Labute approximate surface area is 89.0 Å². The Morgan fingerprint density at radius 3 is 2.93 bits per heavy atom. The standard InChI is InChI=1S/C11H12ClNO/c1-2-3-7-14-11-9(8-13)5-4-6-10(11)12/h1,4-6H,3,7-8,13H2. The minimum absolute atomic E-state index is 0.409. The zero-order valence-electron chi connectivity index (χ0n) is 7.79. The minimum atomic E-state index is 0.409. The maximum atomic E-state index is 5.95. The van der Waals surface area contributed by atoms with Gasteiger partial charge in [-0.1, -0.05) is 23.7 Å². The predicted molar refractivity (Wildman–Crippen MR) is 58.3 cm³/mol. The largest absolute Gasteiger partial charge is 0.491 e. The van der Waals surface area contributed by atoms with E-state index in [9.17, 15) is 0 Å². The van der Waals surface area contributed by atoms with Gasteiger partial charge >= 0.3 is 0 Å². The summed E-state index contributed by atoms with van der Waals surface area (Å²) in [5, 5.41) is 0.574. The monoisotopic (exact) mass is 209 g/mol. The van der Waals surface area contributed by atoms with Crippen LogP contribution in [0, 0.1) is 12.3 Å². The first-order valence-corrected chi connectivity index (χ1v) is 4.71. The Kier molecular flexibility index (Phi) is 4.31. The number of hydrogen-bond donors (Lipinski definition) is 1. The molecule has 0 heterocycles. The van der Waals surface area contributed by atoms with Gasteiger partial charge in [-0.05, 0) is 6.07 Å². The lowest BCUT2D eigenvalue weighted by atomic mass is 10.2. The molecule has 0 saturated heterocycles. The summed E-state index contributed by atoms with van der Waals surface area (Å²) in [4.78, 5) is 0. The molecular weight excluding hydrogens is 198 g/mol.